The van der Waals surface area contributed by atoms with E-state index < -0.39 is 11.8 Å². The largest absolute Gasteiger partial charge is 0.352 e. The van der Waals surface area contributed by atoms with Crippen LogP contribution in [0.2, 0.25) is 0 Å². The van der Waals surface area contributed by atoms with Crippen LogP contribution in [0.25, 0.3) is 0 Å². The molecule has 0 saturated heterocycles. The van der Waals surface area contributed by atoms with Crippen LogP contribution in [0.3, 0.4) is 0 Å². The molecule has 80 valence electrons. The van der Waals surface area contributed by atoms with Crippen molar-refractivity contribution >= 4 is 17.4 Å². The molecular weight excluding hydrogens is 214 g/mol. The summed E-state index contributed by atoms with van der Waals surface area (Å²) in [5.41, 5.74) is 10.2. The zero-order valence-corrected chi connectivity index (χ0v) is 8.65. The Morgan fingerprint density at radius 3 is 2.40 bits per heavy atom. The van der Waals surface area contributed by atoms with Gasteiger partial charge in [0.25, 0.3) is 0 Å². The molecule has 1 atom stereocenters. The van der Waals surface area contributed by atoms with Crippen molar-refractivity contribution in [2.45, 2.75) is 5.79 Å². The lowest BCUT2D eigenvalue weighted by atomic mass is 10.4. The number of nitrogens with two attached hydrogens (primary N) is 2. The number of carbonyl (C=O) groups excluding carboxylic acids is 1. The molecule has 1 unspecified atom stereocenters. The Bertz CT molecular complexity index is 330. The fourth-order valence-corrected chi connectivity index (χ4v) is 1.25. The highest BCUT2D eigenvalue weighted by atomic mass is 32.1. The first-order chi connectivity index (χ1) is 7.12. The number of hydrogen-bond acceptors (Lipinski definition) is 5. The minimum atomic E-state index is -1.23. The molecule has 2 rings (SSSR count). The van der Waals surface area contributed by atoms with E-state index in [9.17, 15) is 4.79 Å². The lowest BCUT2D eigenvalue weighted by Crippen LogP contribution is -2.53. The lowest BCUT2D eigenvalue weighted by molar-refractivity contribution is 0.240. The molecule has 5 N–H and O–H groups in total. The number of carbonyl (C=O) groups is 1. The zero-order chi connectivity index (χ0) is 11.1. The van der Waals surface area contributed by atoms with Gasteiger partial charge in [0.15, 0.2) is 0 Å². The molecule has 0 radical (unpaired) electrons. The number of rotatable bonds is 1. The van der Waals surface area contributed by atoms with Gasteiger partial charge in [0.1, 0.15) is 0 Å². The number of azo groups is 1. The fraction of sp³-hybridized carbons (Fsp3) is 0.125. The van der Waals surface area contributed by atoms with Crippen LogP contribution in [0.4, 0.5) is 4.79 Å². The summed E-state index contributed by atoms with van der Waals surface area (Å²) in [6.07, 6.45) is 2.81. The molecule has 1 aromatic rings. The van der Waals surface area contributed by atoms with Gasteiger partial charge in [0.05, 0.1) is 6.20 Å². The molecule has 2 amide bonds. The smallest absolute Gasteiger partial charge is 0.315 e. The molecule has 15 heavy (non-hydrogen) atoms. The molecule has 7 heteroatoms. The quantitative estimate of drug-likeness (QED) is 0.620. The summed E-state index contributed by atoms with van der Waals surface area (Å²) in [4.78, 5) is 10.3. The monoisotopic (exact) mass is 225 g/mol. The summed E-state index contributed by atoms with van der Waals surface area (Å²) in [7, 11) is 0. The first-order valence-corrected chi connectivity index (χ1v) is 5.00. The van der Waals surface area contributed by atoms with E-state index >= 15 is 0 Å². The summed E-state index contributed by atoms with van der Waals surface area (Å²) in [5, 5.41) is 13.2. The Balaban J connectivity index is 0.000000187. The van der Waals surface area contributed by atoms with Gasteiger partial charge >= 0.3 is 6.03 Å². The van der Waals surface area contributed by atoms with E-state index in [-0.39, 0.29) is 0 Å². The Morgan fingerprint density at radius 1 is 1.40 bits per heavy atom. The third kappa shape index (κ3) is 4.34. The molecule has 0 spiro atoms. The first kappa shape index (κ1) is 11.3. The number of nitrogens with one attached hydrogen (secondary N) is 1. The van der Waals surface area contributed by atoms with Crippen LogP contribution in [-0.4, -0.2) is 11.8 Å². The van der Waals surface area contributed by atoms with Crippen molar-refractivity contribution in [3.8, 4) is 0 Å². The normalized spacial score (nSPS) is 21.9. The molecule has 0 bridgehead atoms. The highest BCUT2D eigenvalue weighted by molar-refractivity contribution is 7.07. The van der Waals surface area contributed by atoms with Crippen LogP contribution in [-0.2, 0) is 0 Å². The van der Waals surface area contributed by atoms with Crippen molar-refractivity contribution in [1.29, 1.82) is 0 Å². The topological polar surface area (TPSA) is 106 Å². The maximum Gasteiger partial charge on any atom is 0.315 e. The Kier molecular flexibility index (Phi) is 3.95. The van der Waals surface area contributed by atoms with Gasteiger partial charge in [-0.3, -0.25) is 11.1 Å². The van der Waals surface area contributed by atoms with Gasteiger partial charge in [-0.05, 0) is 10.8 Å². The van der Waals surface area contributed by atoms with E-state index in [1.54, 1.807) is 11.3 Å². The van der Waals surface area contributed by atoms with Crippen LogP contribution in [0, 0.1) is 0 Å². The zero-order valence-electron chi connectivity index (χ0n) is 7.83. The van der Waals surface area contributed by atoms with Crippen LogP contribution in [0.1, 0.15) is 0 Å². The van der Waals surface area contributed by atoms with Crippen molar-refractivity contribution in [3.63, 3.8) is 0 Å². The Morgan fingerprint density at radius 2 is 2.07 bits per heavy atom. The third-order valence-electron chi connectivity index (χ3n) is 1.37. The summed E-state index contributed by atoms with van der Waals surface area (Å²) in [5.74, 6) is -1.23. The second kappa shape index (κ2) is 5.23. The molecular formula is C8H11N5OS. The van der Waals surface area contributed by atoms with Crippen molar-refractivity contribution in [2.75, 3.05) is 0 Å². The minimum Gasteiger partial charge on any atom is -0.352 e. The van der Waals surface area contributed by atoms with Crippen molar-refractivity contribution in [3.05, 3.63) is 35.2 Å². The van der Waals surface area contributed by atoms with E-state index in [1.165, 1.54) is 12.3 Å². The highest BCUT2D eigenvalue weighted by Gasteiger charge is 2.24. The molecule has 1 aliphatic rings. The van der Waals surface area contributed by atoms with E-state index in [2.05, 4.69) is 15.5 Å². The van der Waals surface area contributed by atoms with Gasteiger partial charge in [-0.25, -0.2) is 4.79 Å². The summed E-state index contributed by atoms with van der Waals surface area (Å²) < 4.78 is 0. The highest BCUT2D eigenvalue weighted by Crippen LogP contribution is 2.07. The van der Waals surface area contributed by atoms with E-state index in [0.29, 0.717) is 0 Å². The van der Waals surface area contributed by atoms with Crippen molar-refractivity contribution in [1.82, 2.24) is 5.32 Å². The molecule has 0 aliphatic carbocycles. The first-order valence-electron chi connectivity index (χ1n) is 4.06. The molecule has 1 aromatic heterocycles. The molecule has 0 saturated carbocycles. The van der Waals surface area contributed by atoms with Crippen LogP contribution >= 0.6 is 11.3 Å². The van der Waals surface area contributed by atoms with Crippen LogP contribution < -0.4 is 16.8 Å². The molecule has 0 fully saturated rings. The maximum atomic E-state index is 10.3. The third-order valence-corrected chi connectivity index (χ3v) is 2.00. The van der Waals surface area contributed by atoms with E-state index in [1.807, 2.05) is 22.9 Å². The average Bonchev–Trinajstić information content (AvgIpc) is 2.76. The van der Waals surface area contributed by atoms with Crippen molar-refractivity contribution < 1.29 is 4.79 Å². The second-order valence-electron chi connectivity index (χ2n) is 2.64. The molecule has 2 heterocycles. The minimum absolute atomic E-state index is 0.729. The number of urea groups is 1. The predicted octanol–water partition coefficient (Wildman–Crippen LogP) is 0.995. The number of amides is 2. The van der Waals surface area contributed by atoms with Gasteiger partial charge in [-0.15, -0.1) is 5.11 Å². The Hall–Kier alpha value is -1.73. The van der Waals surface area contributed by atoms with Gasteiger partial charge in [0.2, 0.25) is 5.79 Å². The predicted molar refractivity (Wildman–Crippen MR) is 58.0 cm³/mol. The fourth-order valence-electron chi connectivity index (χ4n) is 0.800. The van der Waals surface area contributed by atoms with Crippen molar-refractivity contribution in [2.24, 2.45) is 21.7 Å². The summed E-state index contributed by atoms with van der Waals surface area (Å²) >= 11 is 1.71. The number of thiophene rings is 1. The molecule has 1 aliphatic heterocycles. The lowest BCUT2D eigenvalue weighted by Gasteiger charge is -2.15. The van der Waals surface area contributed by atoms with Gasteiger partial charge in [-0.1, -0.05) is 12.1 Å². The number of primary amides is 1. The molecule has 0 aromatic carbocycles. The summed E-state index contributed by atoms with van der Waals surface area (Å²) in [6.45, 7) is 0. The van der Waals surface area contributed by atoms with E-state index in [0.717, 1.165) is 0 Å². The van der Waals surface area contributed by atoms with Crippen LogP contribution in [0.5, 0.6) is 0 Å². The average molecular weight is 225 g/mol. The Labute approximate surface area is 90.7 Å². The maximum absolute atomic E-state index is 10.3. The number of nitrogens with zero attached hydrogens (tertiary/aromatic N) is 2. The van der Waals surface area contributed by atoms with Gasteiger partial charge in [0, 0.05) is 6.08 Å². The van der Waals surface area contributed by atoms with E-state index in [4.69, 9.17) is 11.5 Å². The molecule has 6 nitrogen and oxygen atoms in total. The van der Waals surface area contributed by atoms with Gasteiger partial charge in [-0.2, -0.15) is 16.5 Å². The second-order valence-corrected chi connectivity index (χ2v) is 3.46. The SMILES string of the molecule is NC(=O)NC1(N)C=CN=N1.c1ccsc1. The van der Waals surface area contributed by atoms with Gasteiger partial charge < -0.3 is 5.73 Å². The number of hydrogen-bond donors (Lipinski definition) is 3. The van der Waals surface area contributed by atoms with Crippen LogP contribution in [0.15, 0.2) is 45.4 Å². The standard InChI is InChI=1S/C4H7N5O.C4H4S/c5-3(10)8-4(6)1-2-7-9-4;1-2-4-5-3-1/h1-2H,6H2,(H3,5,8,10);1-4H. The summed E-state index contributed by atoms with van der Waals surface area (Å²) in [6, 6.07) is 3.31.